The lowest BCUT2D eigenvalue weighted by Gasteiger charge is -2.06. The molecule has 0 bridgehead atoms. The molecule has 0 fully saturated rings. The van der Waals surface area contributed by atoms with E-state index in [1.54, 1.807) is 0 Å². The first-order valence-corrected chi connectivity index (χ1v) is 5.71. The van der Waals surface area contributed by atoms with Gasteiger partial charge in [-0.1, -0.05) is 24.3 Å². The molecule has 3 nitrogen and oxygen atoms in total. The molecule has 0 aliphatic rings. The Hall–Kier alpha value is -2.60. The molecule has 0 amide bonds. The molecule has 1 heterocycles. The minimum atomic E-state index is 0.654. The van der Waals surface area contributed by atoms with Gasteiger partial charge in [0, 0.05) is 5.69 Å². The smallest absolute Gasteiger partial charge is 0.187 e. The van der Waals surface area contributed by atoms with Crippen LogP contribution in [0.5, 0.6) is 0 Å². The summed E-state index contributed by atoms with van der Waals surface area (Å²) in [4.78, 5) is 7.94. The van der Waals surface area contributed by atoms with E-state index < -0.39 is 0 Å². The molecule has 1 aromatic heterocycles. The maximum atomic E-state index is 6.97. The molecular formula is C15H11N3. The Morgan fingerprint density at radius 3 is 2.50 bits per heavy atom. The standard InChI is InChI=1S/C15H11N3/c1-11-17-14-5-3-4-6-15(14)18(11)13-9-7-12(16-2)8-10-13/h3-10H,1H3. The van der Waals surface area contributed by atoms with Crippen LogP contribution >= 0.6 is 0 Å². The third-order valence-electron chi connectivity index (χ3n) is 2.97. The summed E-state index contributed by atoms with van der Waals surface area (Å²) >= 11 is 0. The van der Waals surface area contributed by atoms with Crippen LogP contribution in [0.3, 0.4) is 0 Å². The molecule has 0 N–H and O–H groups in total. The highest BCUT2D eigenvalue weighted by Crippen LogP contribution is 2.22. The lowest BCUT2D eigenvalue weighted by Crippen LogP contribution is -1.95. The van der Waals surface area contributed by atoms with Crippen molar-refractivity contribution in [2.45, 2.75) is 6.92 Å². The van der Waals surface area contributed by atoms with Crippen molar-refractivity contribution in [1.29, 1.82) is 0 Å². The van der Waals surface area contributed by atoms with Crippen LogP contribution in [0.25, 0.3) is 21.6 Å². The Balaban J connectivity index is 2.24. The summed E-state index contributed by atoms with van der Waals surface area (Å²) in [5.41, 5.74) is 3.77. The topological polar surface area (TPSA) is 22.2 Å². The van der Waals surface area contributed by atoms with E-state index in [1.807, 2.05) is 49.4 Å². The second-order valence-electron chi connectivity index (χ2n) is 4.11. The molecule has 3 rings (SSSR count). The fourth-order valence-electron chi connectivity index (χ4n) is 2.15. The van der Waals surface area contributed by atoms with E-state index in [0.717, 1.165) is 22.5 Å². The maximum absolute atomic E-state index is 6.97. The van der Waals surface area contributed by atoms with E-state index in [1.165, 1.54) is 0 Å². The number of hydrogen-bond acceptors (Lipinski definition) is 1. The quantitative estimate of drug-likeness (QED) is 0.584. The average molecular weight is 233 g/mol. The second-order valence-corrected chi connectivity index (χ2v) is 4.11. The van der Waals surface area contributed by atoms with Gasteiger partial charge in [0.05, 0.1) is 17.6 Å². The number of imidazole rings is 1. The van der Waals surface area contributed by atoms with E-state index >= 15 is 0 Å². The number of fused-ring (bicyclic) bond motifs is 1. The van der Waals surface area contributed by atoms with Crippen molar-refractivity contribution in [1.82, 2.24) is 9.55 Å². The monoisotopic (exact) mass is 233 g/mol. The predicted molar refractivity (Wildman–Crippen MR) is 72.1 cm³/mol. The number of hydrogen-bond donors (Lipinski definition) is 0. The Morgan fingerprint density at radius 2 is 1.78 bits per heavy atom. The van der Waals surface area contributed by atoms with Gasteiger partial charge in [-0.3, -0.25) is 4.57 Å². The third kappa shape index (κ3) is 1.56. The predicted octanol–water partition coefficient (Wildman–Crippen LogP) is 3.88. The number of aryl methyl sites for hydroxylation is 1. The van der Waals surface area contributed by atoms with Crippen molar-refractivity contribution < 1.29 is 0 Å². The molecular weight excluding hydrogens is 222 g/mol. The number of aromatic nitrogens is 2. The highest BCUT2D eigenvalue weighted by Gasteiger charge is 2.07. The average Bonchev–Trinajstić information content (AvgIpc) is 2.75. The van der Waals surface area contributed by atoms with Gasteiger partial charge in [0.25, 0.3) is 0 Å². The molecule has 0 saturated heterocycles. The van der Waals surface area contributed by atoms with E-state index in [2.05, 4.69) is 20.5 Å². The molecule has 86 valence electrons. The van der Waals surface area contributed by atoms with Gasteiger partial charge in [-0.15, -0.1) is 0 Å². The van der Waals surface area contributed by atoms with Crippen molar-refractivity contribution in [3.05, 3.63) is 65.8 Å². The summed E-state index contributed by atoms with van der Waals surface area (Å²) in [6.07, 6.45) is 0. The van der Waals surface area contributed by atoms with Gasteiger partial charge in [0.1, 0.15) is 5.82 Å². The minimum absolute atomic E-state index is 0.654. The number of benzene rings is 2. The van der Waals surface area contributed by atoms with Gasteiger partial charge in [-0.05, 0) is 31.2 Å². The third-order valence-corrected chi connectivity index (χ3v) is 2.97. The van der Waals surface area contributed by atoms with Crippen LogP contribution in [0.2, 0.25) is 0 Å². The van der Waals surface area contributed by atoms with Crippen molar-refractivity contribution in [3.8, 4) is 5.69 Å². The molecule has 3 heteroatoms. The largest absolute Gasteiger partial charge is 0.297 e. The van der Waals surface area contributed by atoms with Gasteiger partial charge >= 0.3 is 0 Å². The fraction of sp³-hybridized carbons (Fsp3) is 0.0667. The van der Waals surface area contributed by atoms with Gasteiger partial charge < -0.3 is 0 Å². The van der Waals surface area contributed by atoms with E-state index in [0.29, 0.717) is 5.69 Å². The molecule has 0 radical (unpaired) electrons. The number of nitrogens with zero attached hydrogens (tertiary/aromatic N) is 3. The van der Waals surface area contributed by atoms with Crippen LogP contribution in [0.15, 0.2) is 48.5 Å². The van der Waals surface area contributed by atoms with Crippen LogP contribution in [0.4, 0.5) is 5.69 Å². The SMILES string of the molecule is [C-]#[N+]c1ccc(-n2c(C)nc3ccccc32)cc1. The van der Waals surface area contributed by atoms with E-state index in [4.69, 9.17) is 6.57 Å². The van der Waals surface area contributed by atoms with Crippen molar-refractivity contribution in [3.63, 3.8) is 0 Å². The Labute approximate surface area is 105 Å². The van der Waals surface area contributed by atoms with Gasteiger partial charge in [-0.25, -0.2) is 9.83 Å². The summed E-state index contributed by atoms with van der Waals surface area (Å²) in [6, 6.07) is 15.6. The van der Waals surface area contributed by atoms with Crippen LogP contribution in [0, 0.1) is 13.5 Å². The molecule has 0 spiro atoms. The normalized spacial score (nSPS) is 10.4. The fourth-order valence-corrected chi connectivity index (χ4v) is 2.15. The van der Waals surface area contributed by atoms with Crippen LogP contribution in [-0.4, -0.2) is 9.55 Å². The molecule has 18 heavy (non-hydrogen) atoms. The Kier molecular flexibility index (Phi) is 2.35. The molecule has 2 aromatic carbocycles. The summed E-state index contributed by atoms with van der Waals surface area (Å²) in [7, 11) is 0. The molecule has 0 unspecified atom stereocenters. The molecule has 0 aliphatic carbocycles. The molecule has 0 aliphatic heterocycles. The summed E-state index contributed by atoms with van der Waals surface area (Å²) in [6.45, 7) is 8.96. The molecule has 3 aromatic rings. The number of rotatable bonds is 1. The molecule has 0 atom stereocenters. The maximum Gasteiger partial charge on any atom is 0.187 e. The highest BCUT2D eigenvalue weighted by molar-refractivity contribution is 5.78. The Morgan fingerprint density at radius 1 is 1.06 bits per heavy atom. The minimum Gasteiger partial charge on any atom is -0.297 e. The van der Waals surface area contributed by atoms with Crippen LogP contribution in [-0.2, 0) is 0 Å². The van der Waals surface area contributed by atoms with Crippen LogP contribution in [0.1, 0.15) is 5.82 Å². The zero-order valence-electron chi connectivity index (χ0n) is 9.96. The summed E-state index contributed by atoms with van der Waals surface area (Å²) in [5.74, 6) is 0.951. The highest BCUT2D eigenvalue weighted by atomic mass is 15.1. The van der Waals surface area contributed by atoms with E-state index in [-0.39, 0.29) is 0 Å². The van der Waals surface area contributed by atoms with Gasteiger partial charge in [0.15, 0.2) is 5.69 Å². The van der Waals surface area contributed by atoms with Gasteiger partial charge in [-0.2, -0.15) is 0 Å². The lowest BCUT2D eigenvalue weighted by molar-refractivity contribution is 1.00. The first kappa shape index (κ1) is 10.5. The Bertz CT molecular complexity index is 745. The number of para-hydroxylation sites is 2. The lowest BCUT2D eigenvalue weighted by atomic mass is 10.2. The van der Waals surface area contributed by atoms with Crippen molar-refractivity contribution in [2.75, 3.05) is 0 Å². The van der Waals surface area contributed by atoms with E-state index in [9.17, 15) is 0 Å². The first-order chi connectivity index (χ1) is 8.79. The van der Waals surface area contributed by atoms with Gasteiger partial charge in [0.2, 0.25) is 0 Å². The summed E-state index contributed by atoms with van der Waals surface area (Å²) < 4.78 is 2.10. The van der Waals surface area contributed by atoms with Crippen LogP contribution < -0.4 is 0 Å². The molecule has 0 saturated carbocycles. The second kappa shape index (κ2) is 4.01. The van der Waals surface area contributed by atoms with Crippen molar-refractivity contribution in [2.24, 2.45) is 0 Å². The first-order valence-electron chi connectivity index (χ1n) is 5.71. The van der Waals surface area contributed by atoms with Crippen molar-refractivity contribution >= 4 is 16.7 Å². The summed E-state index contributed by atoms with van der Waals surface area (Å²) in [5, 5.41) is 0. The zero-order valence-corrected chi connectivity index (χ0v) is 9.96. The zero-order chi connectivity index (χ0) is 12.5.